The van der Waals surface area contributed by atoms with Crippen LogP contribution in [0.1, 0.15) is 130 Å². The van der Waals surface area contributed by atoms with Gasteiger partial charge in [0.25, 0.3) is 0 Å². The first kappa shape index (κ1) is 47.0. The molecule has 2 saturated heterocycles. The molecule has 0 bridgehead atoms. The molecule has 0 spiro atoms. The summed E-state index contributed by atoms with van der Waals surface area (Å²) in [6, 6.07) is -1.31. The topological polar surface area (TPSA) is 168 Å². The standard InChI is InChI=1S/C24H37NO5.C22H33NO5/c1-5-8-9-10-11-12-17(4)22(28)25-16-19(26)13-20(25)21(27)15-24(14-18(24)6-2)23(29)30-7-3;1-3-28-21(27)22-12-16(22)10-8-6-4-5-7-9-15(2)20(26)23-14-17(24)11-18(23)19(25)13-22/h5-6,17-20,26H,1-2,7-16H2,3-4H3;8,10,15-18,24H,3-7,9,11-14H2,1-2H3/b;10-8-/t17-,18+,19-,20-,24+;15-,16+,17-,18-,22+/m00/s1. The first-order valence-corrected chi connectivity index (χ1v) is 22.0. The number of nitrogens with zero attached hydrogens (tertiary/aromatic N) is 2. The van der Waals surface area contributed by atoms with Gasteiger partial charge >= 0.3 is 11.9 Å². The van der Waals surface area contributed by atoms with Gasteiger partial charge in [-0.15, -0.1) is 13.2 Å². The predicted octanol–water partition coefficient (Wildman–Crippen LogP) is 6.07. The molecule has 12 heteroatoms. The van der Waals surface area contributed by atoms with Crippen LogP contribution in [0.4, 0.5) is 0 Å². The summed E-state index contributed by atoms with van der Waals surface area (Å²) < 4.78 is 10.5. The van der Waals surface area contributed by atoms with Crippen LogP contribution in [0.2, 0.25) is 0 Å². The number of Topliss-reactive ketones (excluding diaryl/α,β-unsaturated/α-hetero) is 2. The van der Waals surface area contributed by atoms with Crippen LogP contribution in [0.15, 0.2) is 37.5 Å². The Morgan fingerprint density at radius 2 is 1.66 bits per heavy atom. The van der Waals surface area contributed by atoms with Crippen LogP contribution in [0.25, 0.3) is 0 Å². The Morgan fingerprint density at radius 1 is 0.948 bits per heavy atom. The van der Waals surface area contributed by atoms with Crippen molar-refractivity contribution in [1.82, 2.24) is 9.80 Å². The van der Waals surface area contributed by atoms with Gasteiger partial charge in [0.1, 0.15) is 0 Å². The molecule has 0 aromatic heterocycles. The summed E-state index contributed by atoms with van der Waals surface area (Å²) in [6.45, 7) is 15.7. The average Bonchev–Trinajstić information content (AvgIpc) is 3.98. The number of allylic oxidation sites excluding steroid dienone is 4. The molecule has 5 aliphatic rings. The van der Waals surface area contributed by atoms with Crippen LogP contribution in [0.3, 0.4) is 0 Å². The number of aliphatic hydroxyl groups is 2. The molecule has 4 fully saturated rings. The van der Waals surface area contributed by atoms with Gasteiger partial charge in [-0.3, -0.25) is 28.8 Å². The molecule has 2 saturated carbocycles. The van der Waals surface area contributed by atoms with E-state index in [0.29, 0.717) is 12.8 Å². The third-order valence-corrected chi connectivity index (χ3v) is 13.0. The molecule has 3 heterocycles. The Morgan fingerprint density at radius 3 is 2.33 bits per heavy atom. The summed E-state index contributed by atoms with van der Waals surface area (Å²) in [5.41, 5.74) is -1.65. The highest BCUT2D eigenvalue weighted by Gasteiger charge is 2.62. The lowest BCUT2D eigenvalue weighted by molar-refractivity contribution is -0.153. The predicted molar refractivity (Wildman–Crippen MR) is 220 cm³/mol. The van der Waals surface area contributed by atoms with Gasteiger partial charge < -0.3 is 29.5 Å². The van der Waals surface area contributed by atoms with E-state index in [2.05, 4.69) is 25.3 Å². The molecule has 5 rings (SSSR count). The SMILES string of the molecule is C=CCCCCC[C@H](C)C(=O)N1C[C@@H](O)C[C@H]1C(=O)C[C@]1(C(=O)OCC)C[C@H]1C=C.CCOC(=O)[C@]12CC(=O)[C@@H]3C[C@H](O)CN3C(=O)[C@@H](C)CCCCC/C=C\[C@@H]1C2. The number of amides is 2. The number of ketones is 2. The van der Waals surface area contributed by atoms with Crippen LogP contribution < -0.4 is 0 Å². The number of carbonyl (C=O) groups is 6. The number of esters is 2. The minimum absolute atomic E-state index is 0.0232. The summed E-state index contributed by atoms with van der Waals surface area (Å²) in [7, 11) is 0. The zero-order valence-electron chi connectivity index (χ0n) is 35.5. The van der Waals surface area contributed by atoms with Crippen molar-refractivity contribution in [2.24, 2.45) is 34.5 Å². The van der Waals surface area contributed by atoms with Crippen LogP contribution in [0, 0.1) is 34.5 Å². The summed E-state index contributed by atoms with van der Waals surface area (Å²) in [5.74, 6) is -1.54. The van der Waals surface area contributed by atoms with E-state index in [4.69, 9.17) is 9.47 Å². The fourth-order valence-corrected chi connectivity index (χ4v) is 9.26. The number of unbranched alkanes of at least 4 members (excludes halogenated alkanes) is 3. The highest BCUT2D eigenvalue weighted by atomic mass is 16.5. The number of rotatable bonds is 15. The van der Waals surface area contributed by atoms with Crippen molar-refractivity contribution in [2.45, 2.75) is 155 Å². The average molecular weight is 811 g/mol. The van der Waals surface area contributed by atoms with Crippen molar-refractivity contribution in [3.63, 3.8) is 0 Å². The van der Waals surface area contributed by atoms with Gasteiger partial charge in [0.15, 0.2) is 11.6 Å². The van der Waals surface area contributed by atoms with Gasteiger partial charge in [0.05, 0.1) is 48.3 Å². The maximum atomic E-state index is 13.1. The molecular weight excluding hydrogens is 741 g/mol. The first-order chi connectivity index (χ1) is 27.7. The Bertz CT molecular complexity index is 1530. The van der Waals surface area contributed by atoms with Crippen LogP contribution in [-0.2, 0) is 38.2 Å². The molecule has 0 aromatic rings. The van der Waals surface area contributed by atoms with E-state index in [0.717, 1.165) is 64.2 Å². The maximum Gasteiger partial charge on any atom is 0.313 e. The zero-order chi connectivity index (χ0) is 42.6. The van der Waals surface area contributed by atoms with Gasteiger partial charge in [-0.05, 0) is 77.0 Å². The second-order valence-corrected chi connectivity index (χ2v) is 17.5. The molecule has 2 N–H and O–H groups in total. The molecule has 324 valence electrons. The second-order valence-electron chi connectivity index (χ2n) is 17.5. The number of carbonyl (C=O) groups excluding carboxylic acids is 6. The molecule has 2 amide bonds. The molecule has 2 aliphatic carbocycles. The fraction of sp³-hybridized carbons (Fsp3) is 0.739. The van der Waals surface area contributed by atoms with E-state index in [1.807, 2.05) is 19.9 Å². The minimum Gasteiger partial charge on any atom is -0.466 e. The number of likely N-dealkylation sites (tertiary alicyclic amines) is 1. The molecular formula is C46H70N2O10. The maximum absolute atomic E-state index is 13.1. The molecule has 58 heavy (non-hydrogen) atoms. The van der Waals surface area contributed by atoms with Crippen LogP contribution in [0.5, 0.6) is 0 Å². The number of aliphatic hydroxyl groups excluding tert-OH is 2. The lowest BCUT2D eigenvalue weighted by Gasteiger charge is -2.27. The Kier molecular flexibility index (Phi) is 17.5. The lowest BCUT2D eigenvalue weighted by atomic mass is 9.91. The Hall–Kier alpha value is -3.64. The van der Waals surface area contributed by atoms with Gasteiger partial charge in [-0.1, -0.05) is 63.8 Å². The van der Waals surface area contributed by atoms with Gasteiger partial charge in [0, 0.05) is 50.6 Å². The number of ether oxygens (including phenoxy) is 2. The molecule has 3 aliphatic heterocycles. The number of β-amino-alcohol motifs (C(OH)–C–C–N with tert-alkyl or cyclic N) is 1. The third kappa shape index (κ3) is 11.5. The van der Waals surface area contributed by atoms with E-state index in [-0.39, 0.29) is 111 Å². The number of hydrogen-bond donors (Lipinski definition) is 2. The van der Waals surface area contributed by atoms with Crippen molar-refractivity contribution in [3.05, 3.63) is 37.5 Å². The molecule has 0 unspecified atom stereocenters. The zero-order valence-corrected chi connectivity index (χ0v) is 35.5. The van der Waals surface area contributed by atoms with Crippen molar-refractivity contribution >= 4 is 35.3 Å². The molecule has 10 atom stereocenters. The highest BCUT2D eigenvalue weighted by molar-refractivity contribution is 5.96. The van der Waals surface area contributed by atoms with Crippen LogP contribution in [-0.4, -0.2) is 106 Å². The minimum atomic E-state index is -0.853. The van der Waals surface area contributed by atoms with Gasteiger partial charge in [0.2, 0.25) is 11.8 Å². The molecule has 0 radical (unpaired) electrons. The van der Waals surface area contributed by atoms with E-state index in [1.165, 1.54) is 4.90 Å². The van der Waals surface area contributed by atoms with E-state index >= 15 is 0 Å². The highest BCUT2D eigenvalue weighted by Crippen LogP contribution is 2.58. The Labute approximate surface area is 345 Å². The lowest BCUT2D eigenvalue weighted by Crippen LogP contribution is -2.44. The quantitative estimate of drug-likeness (QED) is 0.113. The Balaban J connectivity index is 0.000000257. The fourth-order valence-electron chi connectivity index (χ4n) is 9.26. The second kappa shape index (κ2) is 21.6. The van der Waals surface area contributed by atoms with E-state index < -0.39 is 35.1 Å². The normalized spacial score (nSPS) is 33.2. The van der Waals surface area contributed by atoms with E-state index in [1.54, 1.807) is 24.8 Å². The summed E-state index contributed by atoms with van der Waals surface area (Å²) in [6.07, 6.45) is 17.8. The smallest absolute Gasteiger partial charge is 0.313 e. The van der Waals surface area contributed by atoms with Crippen molar-refractivity contribution in [3.8, 4) is 0 Å². The van der Waals surface area contributed by atoms with Crippen LogP contribution >= 0.6 is 0 Å². The van der Waals surface area contributed by atoms with Crippen molar-refractivity contribution in [1.29, 1.82) is 0 Å². The van der Waals surface area contributed by atoms with Crippen molar-refractivity contribution < 1.29 is 48.5 Å². The third-order valence-electron chi connectivity index (χ3n) is 13.0. The molecule has 0 aromatic carbocycles. The summed E-state index contributed by atoms with van der Waals surface area (Å²) >= 11 is 0. The van der Waals surface area contributed by atoms with Gasteiger partial charge in [-0.25, -0.2) is 0 Å². The number of hydrogen-bond acceptors (Lipinski definition) is 10. The molecule has 12 nitrogen and oxygen atoms in total. The first-order valence-electron chi connectivity index (χ1n) is 22.0. The number of fused-ring (bicyclic) bond motifs is 2. The van der Waals surface area contributed by atoms with E-state index in [9.17, 15) is 39.0 Å². The summed E-state index contributed by atoms with van der Waals surface area (Å²) in [5, 5.41) is 20.3. The summed E-state index contributed by atoms with van der Waals surface area (Å²) in [4.78, 5) is 80.4. The largest absolute Gasteiger partial charge is 0.466 e. The monoisotopic (exact) mass is 811 g/mol. The van der Waals surface area contributed by atoms with Crippen molar-refractivity contribution in [2.75, 3.05) is 26.3 Å². The van der Waals surface area contributed by atoms with Gasteiger partial charge in [-0.2, -0.15) is 0 Å².